The summed E-state index contributed by atoms with van der Waals surface area (Å²) < 4.78 is 6.89. The quantitative estimate of drug-likeness (QED) is 0.864. The number of nitrogens with two attached hydrogens (primary N) is 1. The zero-order valence-corrected chi connectivity index (χ0v) is 11.6. The molecule has 1 fully saturated rings. The molecule has 2 N–H and O–H groups in total. The molecule has 1 saturated heterocycles. The van der Waals surface area contributed by atoms with Crippen LogP contribution in [0.25, 0.3) is 0 Å². The number of methoxy groups -OCH3 is 1. The van der Waals surface area contributed by atoms with E-state index in [1.165, 1.54) is 6.20 Å². The lowest BCUT2D eigenvalue weighted by atomic mass is 10.3. The molecule has 0 spiro atoms. The van der Waals surface area contributed by atoms with E-state index in [1.54, 1.807) is 30.3 Å². The van der Waals surface area contributed by atoms with Gasteiger partial charge in [0.15, 0.2) is 0 Å². The molecule has 1 amide bonds. The van der Waals surface area contributed by atoms with Crippen LogP contribution in [0.1, 0.15) is 22.8 Å². The lowest BCUT2D eigenvalue weighted by Gasteiger charge is -2.16. The van der Waals surface area contributed by atoms with E-state index in [0.717, 1.165) is 19.5 Å². The fraction of sp³-hybridized carbons (Fsp3) is 0.385. The number of carbonyl (C=O) groups is 1. The van der Waals surface area contributed by atoms with Crippen molar-refractivity contribution >= 4 is 11.9 Å². The third-order valence-electron chi connectivity index (χ3n) is 3.53. The van der Waals surface area contributed by atoms with Gasteiger partial charge in [0.25, 0.3) is 5.91 Å². The molecule has 0 aromatic carbocycles. The largest absolute Gasteiger partial charge is 0.481 e. The second-order valence-corrected chi connectivity index (χ2v) is 4.86. The summed E-state index contributed by atoms with van der Waals surface area (Å²) in [5.41, 5.74) is 5.66. The van der Waals surface area contributed by atoms with Gasteiger partial charge in [0.2, 0.25) is 11.8 Å². The molecule has 8 heteroatoms. The summed E-state index contributed by atoms with van der Waals surface area (Å²) in [6.07, 6.45) is 5.75. The van der Waals surface area contributed by atoms with Crippen molar-refractivity contribution in [3.8, 4) is 5.88 Å². The van der Waals surface area contributed by atoms with Crippen molar-refractivity contribution < 1.29 is 9.53 Å². The molecule has 110 valence electrons. The second-order valence-electron chi connectivity index (χ2n) is 4.86. The van der Waals surface area contributed by atoms with E-state index in [2.05, 4.69) is 20.0 Å². The van der Waals surface area contributed by atoms with Crippen LogP contribution in [0.3, 0.4) is 0 Å². The van der Waals surface area contributed by atoms with Crippen LogP contribution in [0.2, 0.25) is 0 Å². The monoisotopic (exact) mass is 288 g/mol. The van der Waals surface area contributed by atoms with Crippen molar-refractivity contribution in [3.63, 3.8) is 0 Å². The first-order chi connectivity index (χ1) is 10.2. The number of aromatic nitrogens is 4. The molecule has 1 aliphatic rings. The maximum atomic E-state index is 11.1. The van der Waals surface area contributed by atoms with Gasteiger partial charge in [-0.1, -0.05) is 0 Å². The smallest absolute Gasteiger partial charge is 0.251 e. The van der Waals surface area contributed by atoms with Crippen molar-refractivity contribution in [2.24, 2.45) is 5.73 Å². The molecule has 1 atom stereocenters. The average Bonchev–Trinajstić information content (AvgIpc) is 3.16. The highest BCUT2D eigenvalue weighted by Crippen LogP contribution is 2.25. The van der Waals surface area contributed by atoms with Gasteiger partial charge in [-0.05, 0) is 6.42 Å². The first-order valence-corrected chi connectivity index (χ1v) is 6.63. The Labute approximate surface area is 121 Å². The Kier molecular flexibility index (Phi) is 3.43. The lowest BCUT2D eigenvalue weighted by Crippen LogP contribution is -2.23. The minimum Gasteiger partial charge on any atom is -0.481 e. The predicted molar refractivity (Wildman–Crippen MR) is 75.2 cm³/mol. The fourth-order valence-electron chi connectivity index (χ4n) is 2.40. The highest BCUT2D eigenvalue weighted by molar-refractivity contribution is 5.92. The van der Waals surface area contributed by atoms with Crippen LogP contribution in [0.4, 0.5) is 5.95 Å². The molecule has 8 nitrogen and oxygen atoms in total. The van der Waals surface area contributed by atoms with Crippen molar-refractivity contribution in [3.05, 3.63) is 30.2 Å². The van der Waals surface area contributed by atoms with E-state index in [0.29, 0.717) is 17.4 Å². The molecule has 3 rings (SSSR count). The maximum absolute atomic E-state index is 11.1. The lowest BCUT2D eigenvalue weighted by molar-refractivity contribution is 0.1000. The van der Waals surface area contributed by atoms with Gasteiger partial charge in [-0.15, -0.1) is 0 Å². The predicted octanol–water partition coefficient (Wildman–Crippen LogP) is 0.232. The first kappa shape index (κ1) is 13.3. The zero-order chi connectivity index (χ0) is 14.8. The molecule has 2 aromatic heterocycles. The normalized spacial score (nSPS) is 18.0. The number of hydrogen-bond donors (Lipinski definition) is 1. The minimum absolute atomic E-state index is 0.174. The van der Waals surface area contributed by atoms with Crippen LogP contribution in [0.15, 0.2) is 24.7 Å². The first-order valence-electron chi connectivity index (χ1n) is 6.63. The Hall–Kier alpha value is -2.64. The molecule has 21 heavy (non-hydrogen) atoms. The Bertz CT molecular complexity index is 656. The van der Waals surface area contributed by atoms with Gasteiger partial charge < -0.3 is 15.4 Å². The third-order valence-corrected chi connectivity index (χ3v) is 3.53. The number of amides is 1. The molecule has 0 bridgehead atoms. The van der Waals surface area contributed by atoms with Crippen LogP contribution >= 0.6 is 0 Å². The molecule has 0 radical (unpaired) electrons. The second kappa shape index (κ2) is 5.39. The number of ether oxygens (including phenoxy) is 1. The number of primary amides is 1. The van der Waals surface area contributed by atoms with Crippen LogP contribution in [-0.4, -0.2) is 45.9 Å². The molecule has 1 unspecified atom stereocenters. The van der Waals surface area contributed by atoms with Crippen molar-refractivity contribution in [2.75, 3.05) is 25.1 Å². The van der Waals surface area contributed by atoms with Gasteiger partial charge in [-0.2, -0.15) is 10.1 Å². The van der Waals surface area contributed by atoms with E-state index in [1.807, 2.05) is 0 Å². The highest BCUT2D eigenvalue weighted by Gasteiger charge is 2.26. The van der Waals surface area contributed by atoms with E-state index < -0.39 is 5.91 Å². The molecular formula is C13H16N6O2. The topological polar surface area (TPSA) is 99.2 Å². The molecule has 0 saturated carbocycles. The molecule has 3 heterocycles. The van der Waals surface area contributed by atoms with Gasteiger partial charge in [0.1, 0.15) is 0 Å². The van der Waals surface area contributed by atoms with E-state index in [-0.39, 0.29) is 6.04 Å². The summed E-state index contributed by atoms with van der Waals surface area (Å²) in [7, 11) is 1.58. The van der Waals surface area contributed by atoms with Crippen LogP contribution < -0.4 is 15.4 Å². The Balaban J connectivity index is 1.73. The number of nitrogens with zero attached hydrogens (tertiary/aromatic N) is 5. The van der Waals surface area contributed by atoms with Gasteiger partial charge in [-0.3, -0.25) is 9.48 Å². The number of anilines is 1. The number of carbonyl (C=O) groups excluding carboxylic acids is 1. The molecule has 2 aromatic rings. The van der Waals surface area contributed by atoms with Crippen LogP contribution in [-0.2, 0) is 0 Å². The van der Waals surface area contributed by atoms with E-state index in [9.17, 15) is 4.79 Å². The number of rotatable bonds is 4. The Morgan fingerprint density at radius 2 is 2.38 bits per heavy atom. The summed E-state index contributed by atoms with van der Waals surface area (Å²) in [4.78, 5) is 21.8. The van der Waals surface area contributed by atoms with Crippen molar-refractivity contribution in [1.29, 1.82) is 0 Å². The van der Waals surface area contributed by atoms with Gasteiger partial charge in [0, 0.05) is 31.5 Å². The van der Waals surface area contributed by atoms with E-state index in [4.69, 9.17) is 10.5 Å². The zero-order valence-electron chi connectivity index (χ0n) is 11.6. The highest BCUT2D eigenvalue weighted by atomic mass is 16.5. The van der Waals surface area contributed by atoms with Gasteiger partial charge >= 0.3 is 0 Å². The van der Waals surface area contributed by atoms with Crippen molar-refractivity contribution in [2.45, 2.75) is 12.5 Å². The molecule has 0 aliphatic carbocycles. The van der Waals surface area contributed by atoms with Crippen LogP contribution in [0, 0.1) is 0 Å². The summed E-state index contributed by atoms with van der Waals surface area (Å²) in [6, 6.07) is 1.89. The maximum Gasteiger partial charge on any atom is 0.251 e. The van der Waals surface area contributed by atoms with Crippen molar-refractivity contribution in [1.82, 2.24) is 19.7 Å². The Morgan fingerprint density at radius 3 is 3.10 bits per heavy atom. The van der Waals surface area contributed by atoms with Gasteiger partial charge in [0.05, 0.1) is 24.9 Å². The summed E-state index contributed by atoms with van der Waals surface area (Å²) >= 11 is 0. The SMILES string of the molecule is COc1ccnc(N2CCC(n3cc(C(N)=O)cn3)C2)n1. The summed E-state index contributed by atoms with van der Waals surface area (Å²) in [6.45, 7) is 1.55. The standard InChI is InChI=1S/C13H16N6O2/c1-21-11-2-4-15-13(17-11)18-5-3-10(8-18)19-7-9(6-16-19)12(14)20/h2,4,6-7,10H,3,5,8H2,1H3,(H2,14,20). The van der Waals surface area contributed by atoms with Gasteiger partial charge in [-0.25, -0.2) is 4.98 Å². The minimum atomic E-state index is -0.466. The summed E-state index contributed by atoms with van der Waals surface area (Å²) in [5.74, 6) is 0.713. The number of hydrogen-bond acceptors (Lipinski definition) is 6. The van der Waals surface area contributed by atoms with Crippen LogP contribution in [0.5, 0.6) is 5.88 Å². The van der Waals surface area contributed by atoms with E-state index >= 15 is 0 Å². The Morgan fingerprint density at radius 1 is 1.52 bits per heavy atom. The summed E-state index contributed by atoms with van der Waals surface area (Å²) in [5, 5.41) is 4.20. The average molecular weight is 288 g/mol. The third kappa shape index (κ3) is 2.64. The fourth-order valence-corrected chi connectivity index (χ4v) is 2.40. The molecular weight excluding hydrogens is 272 g/mol. The molecule has 1 aliphatic heterocycles.